The fraction of sp³-hybridized carbons (Fsp3) is 0.800. The van der Waals surface area contributed by atoms with Crippen molar-refractivity contribution in [3.63, 3.8) is 0 Å². The molecule has 0 fully saturated rings. The number of hydrogen-bond donors (Lipinski definition) is 0. The maximum absolute atomic E-state index is 13.8. The molecule has 0 aliphatic rings. The molecule has 0 aromatic heterocycles. The Kier molecular flexibility index (Phi) is 6.54. The van der Waals surface area contributed by atoms with E-state index in [1.807, 2.05) is 0 Å². The Labute approximate surface area is 149 Å². The van der Waals surface area contributed by atoms with Crippen LogP contribution in [0.4, 0.5) is 87.8 Å². The van der Waals surface area contributed by atoms with Gasteiger partial charge >= 0.3 is 42.7 Å². The Balaban J connectivity index is 8.47. The van der Waals surface area contributed by atoms with Crippen molar-refractivity contribution in [1.29, 1.82) is 0 Å². The average Bonchev–Trinajstić information content (AvgIpc) is 2.34. The number of allylic oxidation sites excluding steroid dienone is 2. The molecule has 20 heteroatoms. The van der Waals surface area contributed by atoms with Crippen LogP contribution in [0.25, 0.3) is 0 Å². The predicted molar refractivity (Wildman–Crippen MR) is 50.7 cm³/mol. The average molecular weight is 500 g/mol. The van der Waals surface area contributed by atoms with Gasteiger partial charge in [-0.3, -0.25) is 0 Å². The molecule has 0 N–H and O–H groups in total. The normalized spacial score (nSPS) is 17.2. The summed E-state index contributed by atoms with van der Waals surface area (Å²) in [5, 5.41) is 0. The molecule has 0 aliphatic heterocycles. The lowest BCUT2D eigenvalue weighted by molar-refractivity contribution is -0.427. The third kappa shape index (κ3) is 3.96. The van der Waals surface area contributed by atoms with Crippen molar-refractivity contribution in [3.05, 3.63) is 11.4 Å². The van der Waals surface area contributed by atoms with E-state index >= 15 is 0 Å². The van der Waals surface area contributed by atoms with E-state index in [0.29, 0.717) is 0 Å². The van der Waals surface area contributed by atoms with E-state index in [9.17, 15) is 87.8 Å². The summed E-state index contributed by atoms with van der Waals surface area (Å²) in [6.07, 6.45) is -50.6. The van der Waals surface area contributed by atoms with Crippen molar-refractivity contribution in [1.82, 2.24) is 0 Å². The fourth-order valence-corrected chi connectivity index (χ4v) is 2.07. The summed E-state index contributed by atoms with van der Waals surface area (Å²) < 4.78 is 254. The molecule has 0 saturated carbocycles. The summed E-state index contributed by atoms with van der Waals surface area (Å²) in [4.78, 5) is 0. The molecule has 0 bridgehead atoms. The van der Waals surface area contributed by atoms with Gasteiger partial charge in [0.05, 0.1) is 5.57 Å². The second kappa shape index (κ2) is 6.92. The largest absolute Gasteiger partial charge is 0.443 e. The zero-order valence-electron chi connectivity index (χ0n) is 12.6. The molecule has 0 rings (SSSR count). The minimum atomic E-state index is -8.92. The zero-order chi connectivity index (χ0) is 25.2. The number of halogens is 20. The Morgan fingerprint density at radius 3 is 0.733 bits per heavy atom. The Hall–Kier alpha value is -1.66. The Bertz CT molecular complexity index is 603. The fourth-order valence-electron chi connectivity index (χ4n) is 2.07. The van der Waals surface area contributed by atoms with Gasteiger partial charge in [0, 0.05) is 0 Å². The first-order valence-electron chi connectivity index (χ1n) is 6.03. The molecule has 0 spiro atoms. The highest BCUT2D eigenvalue weighted by Gasteiger charge is 2.93. The van der Waals surface area contributed by atoms with Gasteiger partial charge in [-0.25, -0.2) is 8.78 Å². The van der Waals surface area contributed by atoms with Crippen LogP contribution in [0.1, 0.15) is 0 Å². The first kappa shape index (κ1) is 28.3. The van der Waals surface area contributed by atoms with Crippen LogP contribution in [-0.2, 0) is 0 Å². The van der Waals surface area contributed by atoms with Crippen molar-refractivity contribution in [2.75, 3.05) is 0 Å². The van der Waals surface area contributed by atoms with Gasteiger partial charge in [0.25, 0.3) is 5.41 Å². The lowest BCUT2D eigenvalue weighted by Crippen LogP contribution is -2.69. The van der Waals surface area contributed by atoms with Crippen molar-refractivity contribution in [2.45, 2.75) is 42.7 Å². The highest BCUT2D eigenvalue weighted by atomic mass is 19.4. The molecule has 0 radical (unpaired) electrons. The van der Waals surface area contributed by atoms with Crippen LogP contribution in [0.5, 0.6) is 0 Å². The molecule has 0 aliphatic carbocycles. The lowest BCUT2D eigenvalue weighted by Gasteiger charge is -2.45. The van der Waals surface area contributed by atoms with Gasteiger partial charge in [-0.15, -0.1) is 0 Å². The molecular weight excluding hydrogens is 500 g/mol. The first-order chi connectivity index (χ1) is 12.5. The summed E-state index contributed by atoms with van der Waals surface area (Å²) in [7, 11) is 0. The summed E-state index contributed by atoms with van der Waals surface area (Å²) in [5.41, 5.74) is -24.1. The van der Waals surface area contributed by atoms with Crippen LogP contribution in [-0.4, -0.2) is 42.7 Å². The van der Waals surface area contributed by atoms with Crippen LogP contribution in [0, 0.1) is 5.41 Å². The van der Waals surface area contributed by atoms with Crippen LogP contribution in [0.2, 0.25) is 0 Å². The van der Waals surface area contributed by atoms with E-state index in [1.165, 1.54) is 0 Å². The topological polar surface area (TPSA) is 0 Å². The van der Waals surface area contributed by atoms with Crippen molar-refractivity contribution < 1.29 is 87.8 Å². The second-order valence-electron chi connectivity index (χ2n) is 5.08. The molecule has 0 saturated heterocycles. The van der Waals surface area contributed by atoms with E-state index in [-0.39, 0.29) is 0 Å². The molecule has 0 nitrogen and oxygen atoms in total. The number of rotatable bonds is 2. The minimum Gasteiger partial charge on any atom is -0.218 e. The molecule has 180 valence electrons. The van der Waals surface area contributed by atoms with Crippen LogP contribution >= 0.6 is 0 Å². The molecule has 0 amide bonds. The Morgan fingerprint density at radius 1 is 0.367 bits per heavy atom. The van der Waals surface area contributed by atoms with Crippen LogP contribution in [0.3, 0.4) is 0 Å². The standard InChI is InChI=1S/C10F20/c11-2(5(13,14)15)1(4(12,9(25,26)27)10(28,29)30)3(6(16,17)18,7(19,20)21)8(22,23)24/b2-1+. The number of hydrogen-bond acceptors (Lipinski definition) is 0. The third-order valence-electron chi connectivity index (χ3n) is 3.24. The second-order valence-corrected chi connectivity index (χ2v) is 5.08. The maximum atomic E-state index is 13.8. The maximum Gasteiger partial charge on any atom is 0.443 e. The minimum absolute atomic E-state index is 5.90. The van der Waals surface area contributed by atoms with Gasteiger partial charge in [-0.2, -0.15) is 79.0 Å². The molecule has 30 heavy (non-hydrogen) atoms. The number of alkyl halides is 19. The quantitative estimate of drug-likeness (QED) is 0.350. The van der Waals surface area contributed by atoms with Crippen LogP contribution in [0.15, 0.2) is 11.4 Å². The van der Waals surface area contributed by atoms with Gasteiger partial charge in [-0.1, -0.05) is 0 Å². The molecule has 0 atom stereocenters. The predicted octanol–water partition coefficient (Wildman–Crippen LogP) is 7.28. The SMILES string of the molecule is F/C(=C(/C(F)(C(F)(F)F)C(F)(F)F)C(C(F)(F)F)(C(F)(F)F)C(F)(F)F)C(F)(F)F. The van der Waals surface area contributed by atoms with Gasteiger partial charge < -0.3 is 0 Å². The monoisotopic (exact) mass is 500 g/mol. The summed E-state index contributed by atoms with van der Waals surface area (Å²) in [6.45, 7) is 0. The summed E-state index contributed by atoms with van der Waals surface area (Å²) >= 11 is 0. The van der Waals surface area contributed by atoms with Gasteiger partial charge in [-0.05, 0) is 0 Å². The van der Waals surface area contributed by atoms with Gasteiger partial charge in [0.2, 0.25) is 5.83 Å². The van der Waals surface area contributed by atoms with Crippen molar-refractivity contribution in [2.24, 2.45) is 5.41 Å². The van der Waals surface area contributed by atoms with Crippen LogP contribution < -0.4 is 0 Å². The van der Waals surface area contributed by atoms with E-state index in [1.54, 1.807) is 0 Å². The Morgan fingerprint density at radius 2 is 0.600 bits per heavy atom. The highest BCUT2D eigenvalue weighted by Crippen LogP contribution is 2.70. The third-order valence-corrected chi connectivity index (χ3v) is 3.24. The van der Waals surface area contributed by atoms with Crippen molar-refractivity contribution in [3.8, 4) is 0 Å². The summed E-state index contributed by atoms with van der Waals surface area (Å²) in [6, 6.07) is 0. The van der Waals surface area contributed by atoms with E-state index < -0.39 is 59.5 Å². The zero-order valence-corrected chi connectivity index (χ0v) is 12.6. The molecule has 0 unspecified atom stereocenters. The smallest absolute Gasteiger partial charge is 0.218 e. The molecule has 0 aromatic rings. The molecular formula is C10F20. The van der Waals surface area contributed by atoms with Gasteiger partial charge in [0.1, 0.15) is 0 Å². The van der Waals surface area contributed by atoms with E-state index in [4.69, 9.17) is 0 Å². The first-order valence-corrected chi connectivity index (χ1v) is 6.03. The van der Waals surface area contributed by atoms with Gasteiger partial charge in [0.15, 0.2) is 0 Å². The highest BCUT2D eigenvalue weighted by molar-refractivity contribution is 5.39. The van der Waals surface area contributed by atoms with E-state index in [0.717, 1.165) is 0 Å². The van der Waals surface area contributed by atoms with E-state index in [2.05, 4.69) is 0 Å². The summed E-state index contributed by atoms with van der Waals surface area (Å²) in [5.74, 6) is -5.90. The van der Waals surface area contributed by atoms with Crippen molar-refractivity contribution >= 4 is 0 Å². The molecule has 0 heterocycles. The lowest BCUT2D eigenvalue weighted by atomic mass is 9.69. The molecule has 0 aromatic carbocycles.